The van der Waals surface area contributed by atoms with Crippen LogP contribution in [0.1, 0.15) is 44.2 Å². The second kappa shape index (κ2) is 9.29. The van der Waals surface area contributed by atoms with E-state index in [1.54, 1.807) is 11.9 Å². The van der Waals surface area contributed by atoms with Crippen molar-refractivity contribution >= 4 is 28.9 Å². The highest BCUT2D eigenvalue weighted by molar-refractivity contribution is 5.83. The number of ether oxygens (including phenoxy) is 1. The lowest BCUT2D eigenvalue weighted by molar-refractivity contribution is -0.137. The van der Waals surface area contributed by atoms with Gasteiger partial charge in [-0.15, -0.1) is 0 Å². The van der Waals surface area contributed by atoms with E-state index in [0.717, 1.165) is 32.1 Å². The lowest BCUT2D eigenvalue weighted by Crippen LogP contribution is -2.48. The molecule has 3 fully saturated rings. The van der Waals surface area contributed by atoms with Gasteiger partial charge in [0.1, 0.15) is 17.7 Å². The number of urea groups is 1. The average Bonchev–Trinajstić information content (AvgIpc) is 3.44. The van der Waals surface area contributed by atoms with Crippen LogP contribution in [0.25, 0.3) is 11.2 Å². The Bertz CT molecular complexity index is 1200. The highest BCUT2D eigenvalue weighted by Crippen LogP contribution is 2.33. The summed E-state index contributed by atoms with van der Waals surface area (Å²) in [4.78, 5) is 39.1. The van der Waals surface area contributed by atoms with Crippen molar-refractivity contribution in [2.24, 2.45) is 0 Å². The van der Waals surface area contributed by atoms with Crippen molar-refractivity contribution in [3.63, 3.8) is 0 Å². The van der Waals surface area contributed by atoms with E-state index in [0.29, 0.717) is 0 Å². The zero-order valence-electron chi connectivity index (χ0n) is 19.2. The molecular weight excluding hydrogens is 456 g/mol. The number of carbonyl (C=O) groups is 2. The number of nitrogen functional groups attached to an aromatic ring is 1. The molecule has 6 N–H and O–H groups in total. The van der Waals surface area contributed by atoms with Crippen LogP contribution in [-0.2, 0) is 9.53 Å². The van der Waals surface area contributed by atoms with Crippen LogP contribution < -0.4 is 16.4 Å². The minimum Gasteiger partial charge on any atom is -0.387 e. The summed E-state index contributed by atoms with van der Waals surface area (Å²) in [6, 6.07) is 0.0571. The maximum atomic E-state index is 12.4. The first-order valence-corrected chi connectivity index (χ1v) is 11.7. The molecule has 0 bridgehead atoms. The predicted molar refractivity (Wildman–Crippen MR) is 123 cm³/mol. The Hall–Kier alpha value is -3.47. The van der Waals surface area contributed by atoms with Crippen LogP contribution in [0.15, 0.2) is 6.33 Å². The van der Waals surface area contributed by atoms with Crippen LogP contribution in [0.3, 0.4) is 0 Å². The summed E-state index contributed by atoms with van der Waals surface area (Å²) in [5.41, 5.74) is 6.57. The van der Waals surface area contributed by atoms with Crippen molar-refractivity contribution in [3.05, 3.63) is 12.2 Å². The van der Waals surface area contributed by atoms with Crippen molar-refractivity contribution in [2.45, 2.75) is 68.7 Å². The number of nitrogens with two attached hydrogens (primary N) is 1. The van der Waals surface area contributed by atoms with E-state index >= 15 is 0 Å². The van der Waals surface area contributed by atoms with Gasteiger partial charge < -0.3 is 36.2 Å². The number of amides is 3. The highest BCUT2D eigenvalue weighted by atomic mass is 16.6. The van der Waals surface area contributed by atoms with Crippen LogP contribution in [0.4, 0.5) is 10.6 Å². The summed E-state index contributed by atoms with van der Waals surface area (Å²) in [5.74, 6) is 5.49. The van der Waals surface area contributed by atoms with Crippen LogP contribution >= 0.6 is 0 Å². The quantitative estimate of drug-likeness (QED) is 0.327. The summed E-state index contributed by atoms with van der Waals surface area (Å²) in [5, 5.41) is 26.4. The Kier molecular flexibility index (Phi) is 6.18. The number of imidazole rings is 1. The largest absolute Gasteiger partial charge is 0.387 e. The van der Waals surface area contributed by atoms with E-state index in [9.17, 15) is 19.8 Å². The molecule has 5 rings (SSSR count). The first-order valence-electron chi connectivity index (χ1n) is 11.7. The molecule has 186 valence electrons. The molecule has 13 heteroatoms. The van der Waals surface area contributed by atoms with E-state index < -0.39 is 30.4 Å². The Balaban J connectivity index is 1.38. The minimum atomic E-state index is -1.42. The predicted octanol–water partition coefficient (Wildman–Crippen LogP) is -1.15. The van der Waals surface area contributed by atoms with Crippen molar-refractivity contribution < 1.29 is 24.5 Å². The molecule has 0 radical (unpaired) electrons. The zero-order chi connectivity index (χ0) is 24.7. The second-order valence-electron chi connectivity index (χ2n) is 9.04. The fourth-order valence-corrected chi connectivity index (χ4v) is 4.21. The first kappa shape index (κ1) is 23.3. The van der Waals surface area contributed by atoms with Gasteiger partial charge in [0.05, 0.1) is 12.9 Å². The Morgan fingerprint density at radius 3 is 2.69 bits per heavy atom. The molecule has 35 heavy (non-hydrogen) atoms. The fourth-order valence-electron chi connectivity index (χ4n) is 4.21. The average molecular weight is 485 g/mol. The number of hydrogen-bond acceptors (Lipinski definition) is 9. The molecular formula is C22H28N8O5. The number of hydrogen-bond donors (Lipinski definition) is 5. The van der Waals surface area contributed by atoms with E-state index in [1.807, 2.05) is 0 Å². The van der Waals surface area contributed by atoms with E-state index in [2.05, 4.69) is 37.4 Å². The van der Waals surface area contributed by atoms with Gasteiger partial charge in [-0.2, -0.15) is 0 Å². The number of nitrogens with zero attached hydrogens (tertiary/aromatic N) is 5. The molecule has 3 aliphatic rings. The van der Waals surface area contributed by atoms with Crippen LogP contribution in [0.2, 0.25) is 0 Å². The van der Waals surface area contributed by atoms with Crippen LogP contribution in [-0.4, -0.2) is 90.6 Å². The standard InChI is InChI=1S/C22H28N8O5/c1-24-22(34)29(12-4-2-5-12)9-3-6-13-27-18(23)14-19(28-13)30(10-25-14)21-16(32)15(31)17(35-21)20(33)26-11-7-8-11/h10-12,15-17,21,31-32H,2,4-5,7-9H2,1H3,(H,24,34)(H,26,33)(H2,23,27,28)/t15?,16-,17-,21+/m0/s1. The van der Waals surface area contributed by atoms with Gasteiger partial charge in [0.15, 0.2) is 23.8 Å². The molecule has 3 amide bonds. The lowest BCUT2D eigenvalue weighted by atomic mass is 9.92. The molecule has 2 aromatic heterocycles. The molecule has 0 aromatic carbocycles. The first-order chi connectivity index (χ1) is 16.9. The van der Waals surface area contributed by atoms with E-state index in [1.165, 1.54) is 10.9 Å². The van der Waals surface area contributed by atoms with Crippen molar-refractivity contribution in [1.82, 2.24) is 35.1 Å². The normalized spacial score (nSPS) is 26.0. The minimum absolute atomic E-state index is 0.0799. The number of nitrogens with one attached hydrogen (secondary N) is 2. The molecule has 1 unspecified atom stereocenters. The summed E-state index contributed by atoms with van der Waals surface area (Å²) in [6.45, 7) is 0.208. The molecule has 2 aliphatic carbocycles. The van der Waals surface area contributed by atoms with Gasteiger partial charge in [-0.1, -0.05) is 5.92 Å². The smallest absolute Gasteiger partial charge is 0.318 e. The van der Waals surface area contributed by atoms with Gasteiger partial charge in [0, 0.05) is 19.1 Å². The molecule has 2 saturated carbocycles. The summed E-state index contributed by atoms with van der Waals surface area (Å²) in [6.07, 6.45) is 0.946. The van der Waals surface area contributed by atoms with Gasteiger partial charge >= 0.3 is 6.03 Å². The number of fused-ring (bicyclic) bond motifs is 1. The SMILES string of the molecule is CNC(=O)N(CC#Cc1nc(N)c2ncn([C@@H]3O[C@H](C(=O)NC4CC4)C(O)[C@@H]3O)c2n1)C1CCC1. The Morgan fingerprint density at radius 2 is 2.03 bits per heavy atom. The number of aliphatic hydroxyl groups excluding tert-OH is 2. The van der Waals surface area contributed by atoms with Gasteiger partial charge in [0.2, 0.25) is 5.82 Å². The molecule has 0 spiro atoms. The maximum absolute atomic E-state index is 12.4. The van der Waals surface area contributed by atoms with Crippen LogP contribution in [0, 0.1) is 11.8 Å². The second-order valence-corrected chi connectivity index (χ2v) is 9.04. The molecule has 13 nitrogen and oxygen atoms in total. The molecule has 1 aliphatic heterocycles. The summed E-state index contributed by atoms with van der Waals surface area (Å²) in [7, 11) is 1.58. The highest BCUT2D eigenvalue weighted by Gasteiger charge is 2.48. The van der Waals surface area contributed by atoms with Crippen molar-refractivity contribution in [3.8, 4) is 11.8 Å². The topological polar surface area (TPSA) is 181 Å². The third kappa shape index (κ3) is 4.47. The number of aromatic nitrogens is 4. The Labute approximate surface area is 201 Å². The summed E-state index contributed by atoms with van der Waals surface area (Å²) >= 11 is 0. The number of rotatable bonds is 5. The molecule has 1 saturated heterocycles. The number of anilines is 1. The number of aliphatic hydroxyl groups is 2. The maximum Gasteiger partial charge on any atom is 0.318 e. The molecule has 3 heterocycles. The van der Waals surface area contributed by atoms with Gasteiger partial charge in [-0.3, -0.25) is 9.36 Å². The summed E-state index contributed by atoms with van der Waals surface area (Å²) < 4.78 is 7.13. The molecule has 2 aromatic rings. The van der Waals surface area contributed by atoms with E-state index in [4.69, 9.17) is 10.5 Å². The monoisotopic (exact) mass is 484 g/mol. The fraction of sp³-hybridized carbons (Fsp3) is 0.591. The van der Waals surface area contributed by atoms with Gasteiger partial charge in [0.25, 0.3) is 5.91 Å². The van der Waals surface area contributed by atoms with Crippen molar-refractivity contribution in [1.29, 1.82) is 0 Å². The lowest BCUT2D eigenvalue weighted by Gasteiger charge is -2.35. The molecule has 4 atom stereocenters. The Morgan fingerprint density at radius 1 is 1.26 bits per heavy atom. The van der Waals surface area contributed by atoms with Crippen LogP contribution in [0.5, 0.6) is 0 Å². The van der Waals surface area contributed by atoms with Gasteiger partial charge in [-0.05, 0) is 38.0 Å². The third-order valence-corrected chi connectivity index (χ3v) is 6.58. The zero-order valence-corrected chi connectivity index (χ0v) is 19.2. The van der Waals surface area contributed by atoms with Crippen molar-refractivity contribution in [2.75, 3.05) is 19.3 Å². The van der Waals surface area contributed by atoms with Gasteiger partial charge in [-0.25, -0.2) is 19.7 Å². The van der Waals surface area contributed by atoms with E-state index in [-0.39, 0.29) is 47.5 Å². The number of carbonyl (C=O) groups excluding carboxylic acids is 2. The third-order valence-electron chi connectivity index (χ3n) is 6.58.